The summed E-state index contributed by atoms with van der Waals surface area (Å²) in [6.07, 6.45) is 1.50. The summed E-state index contributed by atoms with van der Waals surface area (Å²) in [7, 11) is 0. The third-order valence-electron chi connectivity index (χ3n) is 5.10. The summed E-state index contributed by atoms with van der Waals surface area (Å²) in [6.45, 7) is 7.05. The molecule has 146 valence electrons. The van der Waals surface area contributed by atoms with Crippen LogP contribution in [0.5, 0.6) is 0 Å². The Bertz CT molecular complexity index is 631. The summed E-state index contributed by atoms with van der Waals surface area (Å²) < 4.78 is 4.75. The lowest BCUT2D eigenvalue weighted by Crippen LogP contribution is -2.52. The molecule has 0 radical (unpaired) electrons. The number of aromatic nitrogens is 2. The molecule has 2 aliphatic rings. The topological polar surface area (TPSA) is 109 Å². The number of piperazine rings is 1. The monoisotopic (exact) mass is 386 g/mol. The number of amides is 2. The molecule has 0 unspecified atom stereocenters. The highest BCUT2D eigenvalue weighted by atomic mass is 35.5. The molecule has 0 bridgehead atoms. The highest BCUT2D eigenvalue weighted by molar-refractivity contribution is 5.85. The SMILES string of the molecule is CC(=O)N1C[C@@H](N)CC[C@@H](C(=O)N2CCN(c3nonc3C)CC2)C1.Cl. The van der Waals surface area contributed by atoms with Gasteiger partial charge in [0.15, 0.2) is 5.82 Å². The molecule has 9 nitrogen and oxygen atoms in total. The van der Waals surface area contributed by atoms with Crippen molar-refractivity contribution >= 4 is 30.0 Å². The summed E-state index contributed by atoms with van der Waals surface area (Å²) in [4.78, 5) is 30.4. The van der Waals surface area contributed by atoms with Gasteiger partial charge >= 0.3 is 0 Å². The smallest absolute Gasteiger partial charge is 0.227 e. The van der Waals surface area contributed by atoms with Gasteiger partial charge in [0.25, 0.3) is 0 Å². The van der Waals surface area contributed by atoms with E-state index in [2.05, 4.69) is 15.2 Å². The molecular weight excluding hydrogens is 360 g/mol. The van der Waals surface area contributed by atoms with E-state index >= 15 is 0 Å². The van der Waals surface area contributed by atoms with Crippen LogP contribution >= 0.6 is 12.4 Å². The standard InChI is InChI=1S/C16H26N6O3.ClH/c1-11-15(19-25-18-11)20-5-7-21(8-6-20)16(24)13-3-4-14(17)10-22(9-13)12(2)23;/h13-14H,3-10,17H2,1-2H3;1H/t13-,14+;/m1./s1. The van der Waals surface area contributed by atoms with Crippen LogP contribution in [0, 0.1) is 12.8 Å². The summed E-state index contributed by atoms with van der Waals surface area (Å²) >= 11 is 0. The predicted octanol–water partition coefficient (Wildman–Crippen LogP) is 0.0342. The minimum atomic E-state index is -0.167. The van der Waals surface area contributed by atoms with Crippen LogP contribution in [-0.4, -0.2) is 77.2 Å². The van der Waals surface area contributed by atoms with Crippen molar-refractivity contribution in [1.29, 1.82) is 0 Å². The van der Waals surface area contributed by atoms with E-state index in [9.17, 15) is 9.59 Å². The number of nitrogens with zero attached hydrogens (tertiary/aromatic N) is 5. The Morgan fingerprint density at radius 1 is 1.08 bits per heavy atom. The van der Waals surface area contributed by atoms with Crippen molar-refractivity contribution in [3.63, 3.8) is 0 Å². The zero-order valence-electron chi connectivity index (χ0n) is 15.3. The van der Waals surface area contributed by atoms with E-state index in [0.717, 1.165) is 24.4 Å². The molecule has 3 heterocycles. The molecule has 1 aromatic heterocycles. The first-order valence-corrected chi connectivity index (χ1v) is 8.79. The normalized spacial score (nSPS) is 24.0. The number of hydrogen-bond acceptors (Lipinski definition) is 7. The van der Waals surface area contributed by atoms with Crippen molar-refractivity contribution < 1.29 is 14.2 Å². The molecule has 2 N–H and O–H groups in total. The molecule has 10 heteroatoms. The van der Waals surface area contributed by atoms with Crippen LogP contribution in [0.25, 0.3) is 0 Å². The Balaban J connectivity index is 0.00000243. The van der Waals surface area contributed by atoms with E-state index in [0.29, 0.717) is 39.3 Å². The van der Waals surface area contributed by atoms with Gasteiger partial charge in [0.05, 0.1) is 5.92 Å². The van der Waals surface area contributed by atoms with Gasteiger partial charge in [0, 0.05) is 52.2 Å². The van der Waals surface area contributed by atoms with Crippen molar-refractivity contribution in [2.75, 3.05) is 44.2 Å². The molecule has 0 saturated carbocycles. The van der Waals surface area contributed by atoms with Crippen molar-refractivity contribution in [3.8, 4) is 0 Å². The number of likely N-dealkylation sites (tertiary alicyclic amines) is 1. The zero-order chi connectivity index (χ0) is 18.0. The first kappa shape index (κ1) is 20.4. The first-order chi connectivity index (χ1) is 12.0. The summed E-state index contributed by atoms with van der Waals surface area (Å²) in [6, 6.07) is -0.0545. The summed E-state index contributed by atoms with van der Waals surface area (Å²) in [5.41, 5.74) is 6.80. The van der Waals surface area contributed by atoms with Crippen molar-refractivity contribution in [2.45, 2.75) is 32.7 Å². The van der Waals surface area contributed by atoms with Crippen molar-refractivity contribution in [1.82, 2.24) is 20.1 Å². The second-order valence-electron chi connectivity index (χ2n) is 6.94. The highest BCUT2D eigenvalue weighted by Gasteiger charge is 2.33. The maximum Gasteiger partial charge on any atom is 0.227 e. The average molecular weight is 387 g/mol. The number of rotatable bonds is 2. The van der Waals surface area contributed by atoms with Gasteiger partial charge in [-0.1, -0.05) is 5.16 Å². The largest absolute Gasteiger partial charge is 0.349 e. The van der Waals surface area contributed by atoms with Gasteiger partial charge in [-0.05, 0) is 24.9 Å². The quantitative estimate of drug-likeness (QED) is 0.763. The van der Waals surface area contributed by atoms with Crippen LogP contribution in [0.1, 0.15) is 25.5 Å². The van der Waals surface area contributed by atoms with E-state index in [1.54, 1.807) is 4.90 Å². The van der Waals surface area contributed by atoms with Crippen molar-refractivity contribution in [3.05, 3.63) is 5.69 Å². The predicted molar refractivity (Wildman–Crippen MR) is 98.0 cm³/mol. The van der Waals surface area contributed by atoms with Crippen LogP contribution in [0.4, 0.5) is 5.82 Å². The molecular formula is C16H27ClN6O3. The maximum absolute atomic E-state index is 12.9. The number of aryl methyl sites for hydroxylation is 1. The van der Waals surface area contributed by atoms with Gasteiger partial charge in [-0.3, -0.25) is 9.59 Å². The summed E-state index contributed by atoms with van der Waals surface area (Å²) in [5, 5.41) is 7.73. The number of nitrogens with two attached hydrogens (primary N) is 1. The van der Waals surface area contributed by atoms with E-state index in [4.69, 9.17) is 10.4 Å². The minimum Gasteiger partial charge on any atom is -0.349 e. The number of anilines is 1. The molecule has 2 aliphatic heterocycles. The van der Waals surface area contributed by atoms with E-state index in [-0.39, 0.29) is 36.2 Å². The van der Waals surface area contributed by atoms with E-state index in [1.807, 2.05) is 11.8 Å². The number of halogens is 1. The fourth-order valence-corrected chi connectivity index (χ4v) is 3.59. The number of carbonyl (C=O) groups excluding carboxylic acids is 2. The fraction of sp³-hybridized carbons (Fsp3) is 0.750. The minimum absolute atomic E-state index is 0. The molecule has 0 spiro atoms. The van der Waals surface area contributed by atoms with Crippen LogP contribution < -0.4 is 10.6 Å². The van der Waals surface area contributed by atoms with Gasteiger partial charge in [0.2, 0.25) is 11.8 Å². The Hall–Kier alpha value is -1.87. The second-order valence-corrected chi connectivity index (χ2v) is 6.94. The van der Waals surface area contributed by atoms with E-state index < -0.39 is 0 Å². The number of hydrogen-bond donors (Lipinski definition) is 1. The third kappa shape index (κ3) is 4.45. The number of carbonyl (C=O) groups is 2. The molecule has 1 aromatic rings. The van der Waals surface area contributed by atoms with Crippen LogP contribution in [0.15, 0.2) is 4.63 Å². The van der Waals surface area contributed by atoms with Gasteiger partial charge in [-0.25, -0.2) is 4.63 Å². The lowest BCUT2D eigenvalue weighted by atomic mass is 10.00. The molecule has 2 atom stereocenters. The second kappa shape index (κ2) is 8.68. The fourth-order valence-electron chi connectivity index (χ4n) is 3.59. The van der Waals surface area contributed by atoms with Gasteiger partial charge in [-0.15, -0.1) is 12.4 Å². The molecule has 2 amide bonds. The highest BCUT2D eigenvalue weighted by Crippen LogP contribution is 2.21. The lowest BCUT2D eigenvalue weighted by Gasteiger charge is -2.36. The van der Waals surface area contributed by atoms with Gasteiger partial charge in [0.1, 0.15) is 5.69 Å². The average Bonchev–Trinajstić information content (AvgIpc) is 2.92. The Kier molecular flexibility index (Phi) is 6.82. The first-order valence-electron chi connectivity index (χ1n) is 8.79. The van der Waals surface area contributed by atoms with E-state index in [1.165, 1.54) is 6.92 Å². The zero-order valence-corrected chi connectivity index (χ0v) is 16.1. The molecule has 2 saturated heterocycles. The Morgan fingerprint density at radius 3 is 2.35 bits per heavy atom. The third-order valence-corrected chi connectivity index (χ3v) is 5.10. The maximum atomic E-state index is 12.9. The molecule has 0 aromatic carbocycles. The van der Waals surface area contributed by atoms with Crippen LogP contribution in [0.2, 0.25) is 0 Å². The van der Waals surface area contributed by atoms with Gasteiger partial charge < -0.3 is 20.4 Å². The Labute approximate surface area is 159 Å². The molecule has 3 rings (SSSR count). The lowest BCUT2D eigenvalue weighted by molar-refractivity contribution is -0.138. The Morgan fingerprint density at radius 2 is 1.77 bits per heavy atom. The van der Waals surface area contributed by atoms with Crippen molar-refractivity contribution in [2.24, 2.45) is 11.7 Å². The molecule has 0 aliphatic carbocycles. The summed E-state index contributed by atoms with van der Waals surface area (Å²) in [5.74, 6) is 0.679. The van der Waals surface area contributed by atoms with Gasteiger partial charge in [-0.2, -0.15) is 0 Å². The molecule has 2 fully saturated rings. The van der Waals surface area contributed by atoms with Crippen LogP contribution in [0.3, 0.4) is 0 Å². The van der Waals surface area contributed by atoms with Crippen LogP contribution in [-0.2, 0) is 9.59 Å². The molecule has 26 heavy (non-hydrogen) atoms.